The molecule has 0 aliphatic carbocycles. The second kappa shape index (κ2) is 11.1. The number of nitrogens with two attached hydrogens (primary N) is 1. The average molecular weight is 543 g/mol. The fourth-order valence-electron chi connectivity index (χ4n) is 5.00. The molecule has 5 heterocycles. The van der Waals surface area contributed by atoms with Gasteiger partial charge in [-0.15, -0.1) is 10.2 Å². The van der Waals surface area contributed by atoms with Crippen molar-refractivity contribution in [1.82, 2.24) is 29.5 Å². The van der Waals surface area contributed by atoms with Crippen molar-refractivity contribution in [3.63, 3.8) is 0 Å². The summed E-state index contributed by atoms with van der Waals surface area (Å²) in [5, 5.41) is 15.0. The van der Waals surface area contributed by atoms with Crippen molar-refractivity contribution in [3.05, 3.63) is 66.2 Å². The lowest BCUT2D eigenvalue weighted by Crippen LogP contribution is -2.43. The third-order valence-corrected chi connectivity index (χ3v) is 7.07. The number of morpholine rings is 1. The zero-order valence-electron chi connectivity index (χ0n) is 21.9. The second-order valence-electron chi connectivity index (χ2n) is 9.82. The number of nitrogens with zero attached hydrogens (tertiary/aromatic N) is 7. The molecule has 0 radical (unpaired) electrons. The van der Waals surface area contributed by atoms with E-state index in [4.69, 9.17) is 10.5 Å². The highest BCUT2D eigenvalue weighted by molar-refractivity contribution is 5.97. The van der Waals surface area contributed by atoms with Gasteiger partial charge in [-0.2, -0.15) is 4.98 Å². The van der Waals surface area contributed by atoms with E-state index in [1.807, 2.05) is 33.8 Å². The van der Waals surface area contributed by atoms with E-state index in [0.717, 1.165) is 30.7 Å². The Morgan fingerprint density at radius 3 is 2.62 bits per heavy atom. The van der Waals surface area contributed by atoms with Gasteiger partial charge in [-0.25, -0.2) is 4.98 Å². The zero-order valence-corrected chi connectivity index (χ0v) is 21.9. The first-order valence-electron chi connectivity index (χ1n) is 13.3. The van der Waals surface area contributed by atoms with Gasteiger partial charge in [0, 0.05) is 73.8 Å². The van der Waals surface area contributed by atoms with Crippen LogP contribution < -0.4 is 21.3 Å². The van der Waals surface area contributed by atoms with Gasteiger partial charge in [-0.05, 0) is 43.2 Å². The molecule has 1 atom stereocenters. The number of fused-ring (bicyclic) bond motifs is 1. The third kappa shape index (κ3) is 5.50. The minimum absolute atomic E-state index is 0.0448. The summed E-state index contributed by atoms with van der Waals surface area (Å²) in [7, 11) is 0. The molecular weight excluding hydrogens is 512 g/mol. The summed E-state index contributed by atoms with van der Waals surface area (Å²) in [5.74, 6) is -0.163. The van der Waals surface area contributed by atoms with Gasteiger partial charge in [-0.3, -0.25) is 9.59 Å². The lowest BCUT2D eigenvalue weighted by Gasteiger charge is -2.33. The van der Waals surface area contributed by atoms with Crippen molar-refractivity contribution in [1.29, 1.82) is 0 Å². The smallest absolute Gasteiger partial charge is 0.273 e. The highest BCUT2D eigenvalue weighted by atomic mass is 16.5. The summed E-state index contributed by atoms with van der Waals surface area (Å²) in [6.45, 7) is 3.64. The molecule has 40 heavy (non-hydrogen) atoms. The number of anilines is 4. The largest absolute Gasteiger partial charge is 0.380 e. The predicted molar refractivity (Wildman–Crippen MR) is 149 cm³/mol. The molecule has 0 spiro atoms. The van der Waals surface area contributed by atoms with E-state index in [1.54, 1.807) is 35.4 Å². The minimum atomic E-state index is -0.735. The van der Waals surface area contributed by atoms with E-state index in [2.05, 4.69) is 30.8 Å². The number of rotatable bonds is 7. The normalized spacial score (nSPS) is 17.6. The quantitative estimate of drug-likeness (QED) is 0.315. The number of carbonyl (C=O) groups is 2. The first kappa shape index (κ1) is 25.5. The number of piperidine rings is 1. The van der Waals surface area contributed by atoms with Crippen LogP contribution >= 0.6 is 0 Å². The first-order chi connectivity index (χ1) is 19.5. The van der Waals surface area contributed by atoms with Crippen molar-refractivity contribution in [2.45, 2.75) is 18.9 Å². The molecule has 4 aromatic rings. The molecule has 2 aliphatic heterocycles. The molecule has 13 nitrogen and oxygen atoms in total. The van der Waals surface area contributed by atoms with Crippen molar-refractivity contribution < 1.29 is 14.3 Å². The van der Waals surface area contributed by atoms with E-state index in [9.17, 15) is 9.59 Å². The summed E-state index contributed by atoms with van der Waals surface area (Å²) in [6, 6.07) is 11.2. The van der Waals surface area contributed by atoms with Gasteiger partial charge in [-0.1, -0.05) is 0 Å². The Kier molecular flexibility index (Phi) is 7.10. The number of benzene rings is 1. The van der Waals surface area contributed by atoms with Crippen molar-refractivity contribution >= 4 is 40.6 Å². The predicted octanol–water partition coefficient (Wildman–Crippen LogP) is 1.92. The minimum Gasteiger partial charge on any atom is -0.380 e. The SMILES string of the molecule is NC(=O)c1nnc(N2CCC[C@@H](Nc3ccn4ccnc4c3)C2)nc1Nc1ccc(C(=O)N2CCOCC2)cc1. The van der Waals surface area contributed by atoms with E-state index in [1.165, 1.54) is 0 Å². The highest BCUT2D eigenvalue weighted by Crippen LogP contribution is 2.24. The number of amides is 2. The highest BCUT2D eigenvalue weighted by Gasteiger charge is 2.25. The molecule has 2 amide bonds. The van der Waals surface area contributed by atoms with Crippen LogP contribution in [-0.2, 0) is 4.74 Å². The lowest BCUT2D eigenvalue weighted by molar-refractivity contribution is 0.0303. The molecule has 1 aromatic carbocycles. The maximum absolute atomic E-state index is 12.8. The summed E-state index contributed by atoms with van der Waals surface area (Å²) in [4.78, 5) is 37.7. The summed E-state index contributed by atoms with van der Waals surface area (Å²) in [5.41, 5.74) is 8.59. The standard InChI is InChI=1S/C27H30N10O3/c28-24(38)23-25(31-19-5-3-18(4-6-19)26(39)36-12-14-40-15-13-36)32-27(34-33-23)37-9-1-2-21(17-37)30-20-7-10-35-11-8-29-22(35)16-20/h3-8,10-11,16,21,30H,1-2,9,12-15,17H2,(H2,28,38)(H,31,32,34)/t21-/m1/s1. The Bertz CT molecular complexity index is 1520. The number of pyridine rings is 1. The number of aromatic nitrogens is 5. The van der Waals surface area contributed by atoms with Gasteiger partial charge in [0.05, 0.1) is 13.2 Å². The molecule has 0 unspecified atom stereocenters. The van der Waals surface area contributed by atoms with Crippen LogP contribution in [0.1, 0.15) is 33.7 Å². The van der Waals surface area contributed by atoms with Crippen LogP contribution in [0.5, 0.6) is 0 Å². The van der Waals surface area contributed by atoms with Crippen LogP contribution in [0.2, 0.25) is 0 Å². The number of imidazole rings is 1. The van der Waals surface area contributed by atoms with Crippen LogP contribution in [0, 0.1) is 0 Å². The van der Waals surface area contributed by atoms with Crippen LogP contribution in [0.3, 0.4) is 0 Å². The molecule has 3 aromatic heterocycles. The number of hydrogen-bond acceptors (Lipinski definition) is 10. The second-order valence-corrected chi connectivity index (χ2v) is 9.82. The fraction of sp³-hybridized carbons (Fsp3) is 0.333. The van der Waals surface area contributed by atoms with Crippen LogP contribution in [0.25, 0.3) is 5.65 Å². The molecule has 13 heteroatoms. The number of ether oxygens (including phenoxy) is 1. The molecule has 0 saturated carbocycles. The molecule has 2 fully saturated rings. The molecular formula is C27H30N10O3. The maximum Gasteiger partial charge on any atom is 0.273 e. The number of primary amides is 1. The van der Waals surface area contributed by atoms with Crippen molar-refractivity contribution in [2.75, 3.05) is 54.9 Å². The van der Waals surface area contributed by atoms with E-state index in [0.29, 0.717) is 50.0 Å². The fourth-order valence-corrected chi connectivity index (χ4v) is 5.00. The number of nitrogens with one attached hydrogen (secondary N) is 2. The first-order valence-corrected chi connectivity index (χ1v) is 13.3. The Labute approximate surface area is 230 Å². The van der Waals surface area contributed by atoms with Crippen molar-refractivity contribution in [2.24, 2.45) is 5.73 Å². The maximum atomic E-state index is 12.8. The zero-order chi connectivity index (χ0) is 27.5. The van der Waals surface area contributed by atoms with Crippen LogP contribution in [0.4, 0.5) is 23.1 Å². The summed E-state index contributed by atoms with van der Waals surface area (Å²) < 4.78 is 7.29. The van der Waals surface area contributed by atoms with E-state index < -0.39 is 5.91 Å². The Morgan fingerprint density at radius 1 is 1.00 bits per heavy atom. The molecule has 0 bridgehead atoms. The average Bonchev–Trinajstić information content (AvgIpc) is 3.46. The Balaban J connectivity index is 1.16. The van der Waals surface area contributed by atoms with Gasteiger partial charge in [0.1, 0.15) is 5.65 Å². The van der Waals surface area contributed by atoms with Gasteiger partial charge < -0.3 is 35.3 Å². The van der Waals surface area contributed by atoms with Crippen LogP contribution in [-0.4, -0.2) is 86.7 Å². The molecule has 6 rings (SSSR count). The Hall–Kier alpha value is -4.78. The molecule has 4 N–H and O–H groups in total. The molecule has 2 aliphatic rings. The number of hydrogen-bond donors (Lipinski definition) is 3. The summed E-state index contributed by atoms with van der Waals surface area (Å²) >= 11 is 0. The van der Waals surface area contributed by atoms with Gasteiger partial charge >= 0.3 is 0 Å². The van der Waals surface area contributed by atoms with Gasteiger partial charge in [0.25, 0.3) is 11.8 Å². The van der Waals surface area contributed by atoms with Gasteiger partial charge in [0.2, 0.25) is 5.95 Å². The summed E-state index contributed by atoms with van der Waals surface area (Å²) in [6.07, 6.45) is 7.58. The molecule has 2 saturated heterocycles. The van der Waals surface area contributed by atoms with E-state index in [-0.39, 0.29) is 23.5 Å². The molecule has 206 valence electrons. The Morgan fingerprint density at radius 2 is 1.82 bits per heavy atom. The number of carbonyl (C=O) groups excluding carboxylic acids is 2. The van der Waals surface area contributed by atoms with E-state index >= 15 is 0 Å². The van der Waals surface area contributed by atoms with Gasteiger partial charge in [0.15, 0.2) is 11.5 Å². The lowest BCUT2D eigenvalue weighted by atomic mass is 10.1. The van der Waals surface area contributed by atoms with Crippen LogP contribution in [0.15, 0.2) is 55.0 Å². The topological polar surface area (TPSA) is 156 Å². The third-order valence-electron chi connectivity index (χ3n) is 7.07. The monoisotopic (exact) mass is 542 g/mol. The van der Waals surface area contributed by atoms with Crippen molar-refractivity contribution in [3.8, 4) is 0 Å².